The van der Waals surface area contributed by atoms with E-state index in [1.165, 1.54) is 0 Å². The summed E-state index contributed by atoms with van der Waals surface area (Å²) in [4.78, 5) is 31.2. The van der Waals surface area contributed by atoms with Crippen LogP contribution in [0.3, 0.4) is 0 Å². The van der Waals surface area contributed by atoms with Crippen LogP contribution in [-0.2, 0) is 4.79 Å². The van der Waals surface area contributed by atoms with Gasteiger partial charge in [-0.05, 0) is 55.5 Å². The van der Waals surface area contributed by atoms with Crippen molar-refractivity contribution in [3.8, 4) is 5.75 Å². The molecule has 1 amide bonds. The van der Waals surface area contributed by atoms with Gasteiger partial charge in [-0.25, -0.2) is 0 Å². The van der Waals surface area contributed by atoms with E-state index in [-0.39, 0.29) is 24.2 Å². The monoisotopic (exact) mass is 465 g/mol. The van der Waals surface area contributed by atoms with Gasteiger partial charge in [0.15, 0.2) is 0 Å². The number of piperidine rings is 1. The zero-order valence-electron chi connectivity index (χ0n) is 19.9. The number of benzene rings is 2. The molecule has 0 unspecified atom stereocenters. The summed E-state index contributed by atoms with van der Waals surface area (Å²) in [6.45, 7) is 5.97. The number of piperazine rings is 1. The summed E-state index contributed by atoms with van der Waals surface area (Å²) in [5, 5.41) is 9.43. The second-order valence-electron chi connectivity index (χ2n) is 9.31. The minimum atomic E-state index is -0.747. The molecule has 1 N–H and O–H groups in total. The highest BCUT2D eigenvalue weighted by atomic mass is 16.5. The first-order chi connectivity index (χ1) is 16.5. The molecule has 0 spiro atoms. The quantitative estimate of drug-likeness (QED) is 0.644. The third kappa shape index (κ3) is 5.89. The van der Waals surface area contributed by atoms with Gasteiger partial charge in [0.05, 0.1) is 12.8 Å². The lowest BCUT2D eigenvalue weighted by Gasteiger charge is -2.40. The number of anilines is 1. The predicted octanol–water partition coefficient (Wildman–Crippen LogP) is 3.46. The molecule has 182 valence electrons. The minimum Gasteiger partial charge on any atom is -0.495 e. The van der Waals surface area contributed by atoms with Gasteiger partial charge in [0.25, 0.3) is 5.91 Å². The van der Waals surface area contributed by atoms with Crippen LogP contribution in [0.5, 0.6) is 5.75 Å². The van der Waals surface area contributed by atoms with Crippen molar-refractivity contribution in [2.24, 2.45) is 11.8 Å². The van der Waals surface area contributed by atoms with Gasteiger partial charge in [-0.3, -0.25) is 14.5 Å². The highest BCUT2D eigenvalue weighted by Crippen LogP contribution is 2.31. The number of carbonyl (C=O) groups excluding carboxylic acids is 1. The van der Waals surface area contributed by atoms with E-state index in [4.69, 9.17) is 4.74 Å². The van der Waals surface area contributed by atoms with Crippen molar-refractivity contribution in [3.05, 3.63) is 60.2 Å². The molecule has 2 saturated heterocycles. The number of hydrogen-bond acceptors (Lipinski definition) is 5. The summed E-state index contributed by atoms with van der Waals surface area (Å²) >= 11 is 0. The Morgan fingerprint density at radius 2 is 1.65 bits per heavy atom. The number of nitrogens with zero attached hydrogens (tertiary/aromatic N) is 3. The fourth-order valence-corrected chi connectivity index (χ4v) is 5.30. The van der Waals surface area contributed by atoms with E-state index in [0.29, 0.717) is 18.7 Å². The summed E-state index contributed by atoms with van der Waals surface area (Å²) in [6, 6.07) is 17.5. The number of likely N-dealkylation sites (tertiary alicyclic amines) is 1. The van der Waals surface area contributed by atoms with Crippen LogP contribution in [0.1, 0.15) is 29.6 Å². The molecule has 0 saturated carbocycles. The van der Waals surface area contributed by atoms with Gasteiger partial charge < -0.3 is 19.6 Å². The standard InChI is InChI=1S/C27H35N3O4/c1-34-25-10-6-5-9-24(25)29-17-15-28(16-18-29)13-11-23-20-30(14-12-22(23)19-26(31)32)27(33)21-7-3-2-4-8-21/h2-10,22-23H,11-20H2,1H3,(H,31,32)/t22-,23+/m0/s1. The van der Waals surface area contributed by atoms with E-state index in [9.17, 15) is 14.7 Å². The molecule has 4 rings (SSSR count). The number of amides is 1. The van der Waals surface area contributed by atoms with Crippen molar-refractivity contribution < 1.29 is 19.4 Å². The van der Waals surface area contributed by atoms with E-state index < -0.39 is 5.97 Å². The number of carboxylic acids is 1. The molecule has 2 fully saturated rings. The maximum absolute atomic E-state index is 13.0. The van der Waals surface area contributed by atoms with Crippen LogP contribution in [0, 0.1) is 11.8 Å². The third-order valence-corrected chi connectivity index (χ3v) is 7.25. The molecular weight excluding hydrogens is 430 g/mol. The smallest absolute Gasteiger partial charge is 0.303 e. The Hall–Kier alpha value is -3.06. The lowest BCUT2D eigenvalue weighted by atomic mass is 9.81. The van der Waals surface area contributed by atoms with Crippen LogP contribution < -0.4 is 9.64 Å². The molecule has 2 atom stereocenters. The Morgan fingerprint density at radius 3 is 2.35 bits per heavy atom. The highest BCUT2D eigenvalue weighted by molar-refractivity contribution is 5.94. The normalized spacial score (nSPS) is 21.3. The highest BCUT2D eigenvalue weighted by Gasteiger charge is 2.33. The average Bonchev–Trinajstić information content (AvgIpc) is 2.88. The molecular formula is C27H35N3O4. The molecule has 2 aromatic carbocycles. The summed E-state index contributed by atoms with van der Waals surface area (Å²) in [5.41, 5.74) is 1.83. The van der Waals surface area contributed by atoms with Crippen LogP contribution in [0.2, 0.25) is 0 Å². The molecule has 2 aliphatic rings. The van der Waals surface area contributed by atoms with Crippen LogP contribution in [0.15, 0.2) is 54.6 Å². The molecule has 0 aromatic heterocycles. The summed E-state index contributed by atoms with van der Waals surface area (Å²) in [5.74, 6) is 0.517. The van der Waals surface area contributed by atoms with Crippen molar-refractivity contribution >= 4 is 17.6 Å². The first kappa shape index (κ1) is 24.1. The summed E-state index contributed by atoms with van der Waals surface area (Å²) in [7, 11) is 1.71. The SMILES string of the molecule is COc1ccccc1N1CCN(CC[C@@H]2CN(C(=O)c3ccccc3)CC[C@H]2CC(=O)O)CC1. The maximum atomic E-state index is 13.0. The van der Waals surface area contributed by atoms with E-state index >= 15 is 0 Å². The zero-order valence-corrected chi connectivity index (χ0v) is 19.9. The maximum Gasteiger partial charge on any atom is 0.303 e. The van der Waals surface area contributed by atoms with E-state index in [0.717, 1.165) is 57.0 Å². The van der Waals surface area contributed by atoms with Crippen LogP contribution in [-0.4, -0.2) is 79.7 Å². The Balaban J connectivity index is 1.33. The van der Waals surface area contributed by atoms with Gasteiger partial charge in [-0.15, -0.1) is 0 Å². The van der Waals surface area contributed by atoms with E-state index in [1.807, 2.05) is 53.4 Å². The average molecular weight is 466 g/mol. The Morgan fingerprint density at radius 1 is 0.941 bits per heavy atom. The first-order valence-electron chi connectivity index (χ1n) is 12.2. The van der Waals surface area contributed by atoms with Gasteiger partial charge >= 0.3 is 5.97 Å². The molecule has 0 bridgehead atoms. The van der Waals surface area contributed by atoms with E-state index in [2.05, 4.69) is 15.9 Å². The van der Waals surface area contributed by atoms with Crippen LogP contribution >= 0.6 is 0 Å². The minimum absolute atomic E-state index is 0.0461. The fraction of sp³-hybridized carbons (Fsp3) is 0.481. The molecule has 0 aliphatic carbocycles. The molecule has 2 heterocycles. The van der Waals surface area contributed by atoms with Crippen LogP contribution in [0.4, 0.5) is 5.69 Å². The van der Waals surface area contributed by atoms with Crippen molar-refractivity contribution in [3.63, 3.8) is 0 Å². The Labute approximate surface area is 201 Å². The lowest BCUT2D eigenvalue weighted by molar-refractivity contribution is -0.139. The number of ether oxygens (including phenoxy) is 1. The lowest BCUT2D eigenvalue weighted by Crippen LogP contribution is -2.48. The number of methoxy groups -OCH3 is 1. The first-order valence-corrected chi connectivity index (χ1v) is 12.2. The van der Waals surface area contributed by atoms with Crippen molar-refractivity contribution in [2.75, 3.05) is 57.8 Å². The second-order valence-corrected chi connectivity index (χ2v) is 9.31. The number of rotatable bonds is 8. The molecule has 7 heteroatoms. The summed E-state index contributed by atoms with van der Waals surface area (Å²) in [6.07, 6.45) is 1.84. The molecule has 34 heavy (non-hydrogen) atoms. The van der Waals surface area contributed by atoms with E-state index in [1.54, 1.807) is 7.11 Å². The molecule has 7 nitrogen and oxygen atoms in total. The van der Waals surface area contributed by atoms with Gasteiger partial charge in [0.1, 0.15) is 5.75 Å². The molecule has 2 aromatic rings. The largest absolute Gasteiger partial charge is 0.495 e. The van der Waals surface area contributed by atoms with Crippen molar-refractivity contribution in [1.82, 2.24) is 9.80 Å². The number of aliphatic carboxylic acids is 1. The number of para-hydroxylation sites is 2. The van der Waals surface area contributed by atoms with Crippen LogP contribution in [0.25, 0.3) is 0 Å². The summed E-state index contributed by atoms with van der Waals surface area (Å²) < 4.78 is 5.52. The van der Waals surface area contributed by atoms with Gasteiger partial charge in [-0.2, -0.15) is 0 Å². The number of carboxylic acid groups (broad SMARTS) is 1. The third-order valence-electron chi connectivity index (χ3n) is 7.25. The van der Waals surface area contributed by atoms with Gasteiger partial charge in [-0.1, -0.05) is 30.3 Å². The molecule has 0 radical (unpaired) electrons. The number of carbonyl (C=O) groups is 2. The second kappa shape index (κ2) is 11.4. The number of hydrogen-bond donors (Lipinski definition) is 1. The van der Waals surface area contributed by atoms with Crippen molar-refractivity contribution in [2.45, 2.75) is 19.3 Å². The van der Waals surface area contributed by atoms with Crippen molar-refractivity contribution in [1.29, 1.82) is 0 Å². The Bertz CT molecular complexity index is 959. The van der Waals surface area contributed by atoms with Gasteiger partial charge in [0, 0.05) is 51.3 Å². The Kier molecular flexibility index (Phi) is 8.06. The van der Waals surface area contributed by atoms with Gasteiger partial charge in [0.2, 0.25) is 0 Å². The fourth-order valence-electron chi connectivity index (χ4n) is 5.30. The predicted molar refractivity (Wildman–Crippen MR) is 132 cm³/mol. The topological polar surface area (TPSA) is 73.3 Å². The zero-order chi connectivity index (χ0) is 23.9. The molecule has 2 aliphatic heterocycles.